The summed E-state index contributed by atoms with van der Waals surface area (Å²) in [5, 5.41) is 2.77. The number of carbonyl (C=O) groups excluding carboxylic acids is 2. The summed E-state index contributed by atoms with van der Waals surface area (Å²) in [6.45, 7) is 0.665. The Morgan fingerprint density at radius 1 is 0.976 bits per heavy atom. The normalized spacial score (nSPS) is 15.0. The van der Waals surface area contributed by atoms with Gasteiger partial charge in [-0.25, -0.2) is 4.98 Å². The van der Waals surface area contributed by atoms with E-state index in [1.807, 2.05) is 60.7 Å². The number of amides is 2. The number of alkyl halides is 3. The molecule has 212 valence electrons. The van der Waals surface area contributed by atoms with Gasteiger partial charge in [0.25, 0.3) is 0 Å². The zero-order valence-corrected chi connectivity index (χ0v) is 22.2. The van der Waals surface area contributed by atoms with E-state index in [0.29, 0.717) is 18.0 Å². The highest BCUT2D eigenvalue weighted by molar-refractivity contribution is 5.94. The van der Waals surface area contributed by atoms with Crippen LogP contribution in [-0.2, 0) is 26.9 Å². The summed E-state index contributed by atoms with van der Waals surface area (Å²) < 4.78 is 46.7. The highest BCUT2D eigenvalue weighted by atomic mass is 19.4. The third kappa shape index (κ3) is 7.20. The minimum atomic E-state index is -4.47. The Balaban J connectivity index is 1.39. The van der Waals surface area contributed by atoms with Gasteiger partial charge in [0.05, 0.1) is 23.8 Å². The van der Waals surface area contributed by atoms with Gasteiger partial charge in [-0.15, -0.1) is 0 Å². The Morgan fingerprint density at radius 2 is 1.66 bits per heavy atom. The van der Waals surface area contributed by atoms with Gasteiger partial charge in [0.2, 0.25) is 17.8 Å². The van der Waals surface area contributed by atoms with E-state index in [1.165, 1.54) is 21.6 Å². The van der Waals surface area contributed by atoms with Crippen LogP contribution in [0.5, 0.6) is 0 Å². The molecule has 1 atom stereocenters. The number of ether oxygens (including phenoxy) is 1. The molecule has 0 spiro atoms. The molecule has 1 aliphatic rings. The zero-order chi connectivity index (χ0) is 28.8. The summed E-state index contributed by atoms with van der Waals surface area (Å²) in [6.07, 6.45) is -1.14. The quantitative estimate of drug-likeness (QED) is 0.282. The molecule has 2 amide bonds. The van der Waals surface area contributed by atoms with Gasteiger partial charge in [0.1, 0.15) is 6.54 Å². The summed E-state index contributed by atoms with van der Waals surface area (Å²) in [5.41, 5.74) is 1.74. The number of benzene rings is 3. The van der Waals surface area contributed by atoms with Crippen molar-refractivity contribution in [2.45, 2.75) is 31.5 Å². The number of aromatic nitrogens is 2. The van der Waals surface area contributed by atoms with Crippen molar-refractivity contribution in [1.82, 2.24) is 14.5 Å². The lowest BCUT2D eigenvalue weighted by molar-refractivity contribution is -0.137. The Hall–Kier alpha value is -4.44. The van der Waals surface area contributed by atoms with Crippen LogP contribution in [0.2, 0.25) is 0 Å². The Labute approximate surface area is 235 Å². The fourth-order valence-corrected chi connectivity index (χ4v) is 4.73. The van der Waals surface area contributed by atoms with Crippen molar-refractivity contribution in [2.75, 3.05) is 25.0 Å². The minimum absolute atomic E-state index is 0.126. The average molecular weight is 563 g/mol. The molecule has 1 aromatic heterocycles. The monoisotopic (exact) mass is 562 g/mol. The van der Waals surface area contributed by atoms with Crippen molar-refractivity contribution in [1.29, 1.82) is 0 Å². The first-order valence-corrected chi connectivity index (χ1v) is 13.3. The molecule has 1 aliphatic heterocycles. The first kappa shape index (κ1) is 28.1. The van der Waals surface area contributed by atoms with E-state index in [2.05, 4.69) is 10.3 Å². The van der Waals surface area contributed by atoms with Gasteiger partial charge in [-0.2, -0.15) is 13.2 Å². The Morgan fingerprint density at radius 3 is 2.29 bits per heavy atom. The molecule has 0 aliphatic carbocycles. The Kier molecular flexibility index (Phi) is 8.49. The Bertz CT molecular complexity index is 1470. The standard InChI is InChI=1S/C31H29F3N4O3/c32-31(33,34)24-13-15-25(16-14-24)38-20-27(23-10-5-2-6-11-23)35-30(38)36-28(39)21-37(19-26-12-7-17-41-26)29(40)18-22-8-3-1-4-9-22/h1-6,8-11,13-16,20,26H,7,12,17-19,21H2,(H,35,36,39). The van der Waals surface area contributed by atoms with Gasteiger partial charge in [0.15, 0.2) is 0 Å². The predicted molar refractivity (Wildman–Crippen MR) is 148 cm³/mol. The van der Waals surface area contributed by atoms with Gasteiger partial charge in [-0.3, -0.25) is 19.5 Å². The van der Waals surface area contributed by atoms with E-state index < -0.39 is 17.6 Å². The van der Waals surface area contributed by atoms with Gasteiger partial charge >= 0.3 is 6.18 Å². The lowest BCUT2D eigenvalue weighted by Gasteiger charge is -2.25. The van der Waals surface area contributed by atoms with Crippen LogP contribution in [0.3, 0.4) is 0 Å². The molecule has 0 saturated carbocycles. The summed E-state index contributed by atoms with van der Waals surface area (Å²) >= 11 is 0. The van der Waals surface area contributed by atoms with Gasteiger partial charge in [0, 0.05) is 30.6 Å². The second kappa shape index (κ2) is 12.4. The SMILES string of the molecule is O=C(CN(CC1CCCO1)C(=O)Cc1ccccc1)Nc1nc(-c2ccccc2)cn1-c1ccc(C(F)(F)F)cc1. The second-order valence-electron chi connectivity index (χ2n) is 9.85. The lowest BCUT2D eigenvalue weighted by Crippen LogP contribution is -2.43. The molecule has 3 aromatic carbocycles. The largest absolute Gasteiger partial charge is 0.416 e. The highest BCUT2D eigenvalue weighted by Gasteiger charge is 2.30. The first-order chi connectivity index (χ1) is 19.8. The molecule has 1 saturated heterocycles. The van der Waals surface area contributed by atoms with E-state index in [-0.39, 0.29) is 37.5 Å². The molecule has 0 radical (unpaired) electrons. The fourth-order valence-electron chi connectivity index (χ4n) is 4.73. The summed E-state index contributed by atoms with van der Waals surface area (Å²) in [5.74, 6) is -0.568. The molecule has 2 heterocycles. The number of halogens is 3. The second-order valence-corrected chi connectivity index (χ2v) is 9.85. The van der Waals surface area contributed by atoms with E-state index in [0.717, 1.165) is 36.1 Å². The molecule has 0 bridgehead atoms. The number of imidazole rings is 1. The van der Waals surface area contributed by atoms with Crippen molar-refractivity contribution >= 4 is 17.8 Å². The van der Waals surface area contributed by atoms with Crippen molar-refractivity contribution < 1.29 is 27.5 Å². The molecular formula is C31H29F3N4O3. The molecule has 1 N–H and O–H groups in total. The number of nitrogens with zero attached hydrogens (tertiary/aromatic N) is 3. The van der Waals surface area contributed by atoms with Crippen molar-refractivity contribution in [3.05, 3.63) is 102 Å². The molecule has 1 unspecified atom stereocenters. The van der Waals surface area contributed by atoms with Gasteiger partial charge < -0.3 is 9.64 Å². The average Bonchev–Trinajstić information content (AvgIpc) is 3.63. The minimum Gasteiger partial charge on any atom is -0.376 e. The number of hydrogen-bond donors (Lipinski definition) is 1. The third-order valence-electron chi connectivity index (χ3n) is 6.83. The molecular weight excluding hydrogens is 533 g/mol. The third-order valence-corrected chi connectivity index (χ3v) is 6.83. The van der Waals surface area contributed by atoms with E-state index >= 15 is 0 Å². The highest BCUT2D eigenvalue weighted by Crippen LogP contribution is 2.31. The van der Waals surface area contributed by atoms with Crippen LogP contribution in [0, 0.1) is 0 Å². The number of carbonyl (C=O) groups is 2. The maximum Gasteiger partial charge on any atom is 0.416 e. The van der Waals surface area contributed by atoms with Crippen molar-refractivity contribution in [3.8, 4) is 16.9 Å². The van der Waals surface area contributed by atoms with E-state index in [4.69, 9.17) is 4.74 Å². The molecule has 4 aromatic rings. The van der Waals surface area contributed by atoms with Gasteiger partial charge in [-0.05, 0) is 42.7 Å². The fraction of sp³-hybridized carbons (Fsp3) is 0.258. The lowest BCUT2D eigenvalue weighted by atomic mass is 10.1. The smallest absolute Gasteiger partial charge is 0.376 e. The number of rotatable bonds is 9. The van der Waals surface area contributed by atoms with Crippen LogP contribution in [0.4, 0.5) is 19.1 Å². The molecule has 41 heavy (non-hydrogen) atoms. The van der Waals surface area contributed by atoms with Crippen LogP contribution in [0.1, 0.15) is 24.0 Å². The molecule has 5 rings (SSSR count). The van der Waals surface area contributed by atoms with Crippen LogP contribution >= 0.6 is 0 Å². The molecule has 1 fully saturated rings. The van der Waals surface area contributed by atoms with E-state index in [9.17, 15) is 22.8 Å². The number of hydrogen-bond acceptors (Lipinski definition) is 4. The number of anilines is 1. The van der Waals surface area contributed by atoms with E-state index in [1.54, 1.807) is 6.20 Å². The zero-order valence-electron chi connectivity index (χ0n) is 22.2. The molecule has 7 nitrogen and oxygen atoms in total. The molecule has 10 heteroatoms. The van der Waals surface area contributed by atoms with Crippen LogP contribution in [-0.4, -0.2) is 52.1 Å². The van der Waals surface area contributed by atoms with Crippen LogP contribution < -0.4 is 5.32 Å². The van der Waals surface area contributed by atoms with Gasteiger partial charge in [-0.1, -0.05) is 60.7 Å². The maximum absolute atomic E-state index is 13.3. The topological polar surface area (TPSA) is 76.5 Å². The number of nitrogens with one attached hydrogen (secondary N) is 1. The van der Waals surface area contributed by atoms with Crippen molar-refractivity contribution in [3.63, 3.8) is 0 Å². The summed E-state index contributed by atoms with van der Waals surface area (Å²) in [6, 6.07) is 23.1. The van der Waals surface area contributed by atoms with Crippen LogP contribution in [0.15, 0.2) is 91.1 Å². The summed E-state index contributed by atoms with van der Waals surface area (Å²) in [7, 11) is 0. The van der Waals surface area contributed by atoms with Crippen molar-refractivity contribution in [2.24, 2.45) is 0 Å². The van der Waals surface area contributed by atoms with Crippen LogP contribution in [0.25, 0.3) is 16.9 Å². The maximum atomic E-state index is 13.3. The predicted octanol–water partition coefficient (Wildman–Crippen LogP) is 5.75. The summed E-state index contributed by atoms with van der Waals surface area (Å²) in [4.78, 5) is 32.6. The first-order valence-electron chi connectivity index (χ1n) is 13.3.